The number of nitrogens with zero attached hydrogens (tertiary/aromatic N) is 1. The van der Waals surface area contributed by atoms with Crippen LogP contribution in [-0.4, -0.2) is 30.4 Å². The molecule has 2 amide bonds. The van der Waals surface area contributed by atoms with Gasteiger partial charge in [0.15, 0.2) is 0 Å². The van der Waals surface area contributed by atoms with Gasteiger partial charge < -0.3 is 4.74 Å². The third kappa shape index (κ3) is 3.76. The third-order valence-corrected chi connectivity index (χ3v) is 4.32. The van der Waals surface area contributed by atoms with Gasteiger partial charge in [-0.25, -0.2) is 4.39 Å². The Balaban J connectivity index is 1.74. The van der Waals surface area contributed by atoms with Crippen molar-refractivity contribution >= 4 is 11.8 Å². The maximum absolute atomic E-state index is 14.3. The van der Waals surface area contributed by atoms with Gasteiger partial charge in [-0.1, -0.05) is 18.2 Å². The van der Waals surface area contributed by atoms with Crippen LogP contribution in [0.3, 0.4) is 0 Å². The fourth-order valence-electron chi connectivity index (χ4n) is 2.93. The first kappa shape index (κ1) is 19.6. The van der Waals surface area contributed by atoms with Crippen LogP contribution in [0.2, 0.25) is 0 Å². The van der Waals surface area contributed by atoms with Crippen LogP contribution in [0.1, 0.15) is 31.8 Å². The summed E-state index contributed by atoms with van der Waals surface area (Å²) >= 11 is 0. The lowest BCUT2D eigenvalue weighted by Crippen LogP contribution is -2.31. The molecule has 0 unspecified atom stereocenters. The van der Waals surface area contributed by atoms with Crippen LogP contribution in [0.4, 0.5) is 17.6 Å². The van der Waals surface area contributed by atoms with E-state index in [2.05, 4.69) is 0 Å². The second kappa shape index (κ2) is 7.46. The number of carbonyl (C=O) groups is 2. The number of rotatable bonds is 5. The van der Waals surface area contributed by atoms with E-state index < -0.39 is 35.9 Å². The van der Waals surface area contributed by atoms with Gasteiger partial charge in [-0.3, -0.25) is 14.5 Å². The quantitative estimate of drug-likeness (QED) is 0.559. The second-order valence-electron chi connectivity index (χ2n) is 6.13. The Morgan fingerprint density at radius 2 is 1.68 bits per heavy atom. The predicted molar refractivity (Wildman–Crippen MR) is 92.7 cm³/mol. The lowest BCUT2D eigenvalue weighted by molar-refractivity contribution is -0.138. The van der Waals surface area contributed by atoms with E-state index in [0.29, 0.717) is 0 Å². The van der Waals surface area contributed by atoms with Crippen LogP contribution < -0.4 is 4.74 Å². The lowest BCUT2D eigenvalue weighted by Gasteiger charge is -2.13. The zero-order valence-corrected chi connectivity index (χ0v) is 14.7. The summed E-state index contributed by atoms with van der Waals surface area (Å²) in [5.41, 5.74) is -0.345. The van der Waals surface area contributed by atoms with Crippen molar-refractivity contribution < 1.29 is 31.9 Å². The number of benzene rings is 2. The van der Waals surface area contributed by atoms with Crippen molar-refractivity contribution in [2.75, 3.05) is 13.7 Å². The number of hydrogen-bond acceptors (Lipinski definition) is 3. The topological polar surface area (TPSA) is 46.6 Å². The first-order chi connectivity index (χ1) is 13.2. The molecule has 0 bridgehead atoms. The molecular weight excluding hydrogens is 378 g/mol. The minimum atomic E-state index is -4.61. The lowest BCUT2D eigenvalue weighted by atomic mass is 10.1. The number of imide groups is 1. The number of methoxy groups -OCH3 is 1. The number of amides is 2. The molecule has 1 heterocycles. The average molecular weight is 393 g/mol. The molecule has 0 spiro atoms. The Morgan fingerprint density at radius 3 is 2.21 bits per heavy atom. The van der Waals surface area contributed by atoms with Gasteiger partial charge in [0.2, 0.25) is 0 Å². The van der Waals surface area contributed by atoms with E-state index in [1.807, 2.05) is 0 Å². The molecule has 2 aromatic carbocycles. The smallest absolute Gasteiger partial charge is 0.419 e. The van der Waals surface area contributed by atoms with Crippen molar-refractivity contribution in [3.05, 3.63) is 76.6 Å². The summed E-state index contributed by atoms with van der Waals surface area (Å²) in [6.45, 7) is -0.575. The van der Waals surface area contributed by atoms with E-state index in [-0.39, 0.29) is 28.9 Å². The zero-order chi connectivity index (χ0) is 20.5. The zero-order valence-electron chi connectivity index (χ0n) is 14.7. The Hall–Kier alpha value is -3.16. The molecule has 1 aliphatic heterocycles. The van der Waals surface area contributed by atoms with E-state index in [1.54, 1.807) is 12.1 Å². The van der Waals surface area contributed by atoms with Gasteiger partial charge in [0, 0.05) is 0 Å². The van der Waals surface area contributed by atoms with Gasteiger partial charge in [0.25, 0.3) is 11.8 Å². The summed E-state index contributed by atoms with van der Waals surface area (Å²) in [5, 5.41) is 0. The number of allylic oxidation sites excluding steroid dienone is 1. The summed E-state index contributed by atoms with van der Waals surface area (Å²) in [6.07, 6.45) is -3.70. The van der Waals surface area contributed by atoms with Gasteiger partial charge in [0.05, 0.1) is 30.3 Å². The summed E-state index contributed by atoms with van der Waals surface area (Å²) in [7, 11) is 1.13. The van der Waals surface area contributed by atoms with Crippen molar-refractivity contribution in [1.29, 1.82) is 0 Å². The number of alkyl halides is 3. The van der Waals surface area contributed by atoms with Gasteiger partial charge >= 0.3 is 6.18 Å². The highest BCUT2D eigenvalue weighted by Crippen LogP contribution is 2.36. The molecule has 3 rings (SSSR count). The second-order valence-corrected chi connectivity index (χ2v) is 6.13. The summed E-state index contributed by atoms with van der Waals surface area (Å²) < 4.78 is 58.1. The fourth-order valence-corrected chi connectivity index (χ4v) is 2.93. The molecular formula is C20H15F4NO3. The highest BCUT2D eigenvalue weighted by atomic mass is 19.4. The minimum Gasteiger partial charge on any atom is -0.496 e. The Labute approximate surface area is 158 Å². The highest BCUT2D eigenvalue weighted by Gasteiger charge is 2.36. The molecule has 146 valence electrons. The molecule has 8 heteroatoms. The molecule has 0 radical (unpaired) electrons. The molecule has 0 aliphatic carbocycles. The first-order valence-electron chi connectivity index (χ1n) is 8.26. The SMILES string of the molecule is COc1ccc(CC=C(F)CN2C(=O)c3ccccc3C2=O)cc1C(F)(F)F. The molecule has 0 saturated heterocycles. The van der Waals surface area contributed by atoms with Gasteiger partial charge in [-0.05, 0) is 42.3 Å². The van der Waals surface area contributed by atoms with Crippen molar-refractivity contribution in [2.24, 2.45) is 0 Å². The van der Waals surface area contributed by atoms with E-state index in [0.717, 1.165) is 30.2 Å². The molecule has 0 fully saturated rings. The van der Waals surface area contributed by atoms with Crippen molar-refractivity contribution in [2.45, 2.75) is 12.6 Å². The fraction of sp³-hybridized carbons (Fsp3) is 0.200. The highest BCUT2D eigenvalue weighted by molar-refractivity contribution is 6.21. The molecule has 2 aromatic rings. The summed E-state index contributed by atoms with van der Waals surface area (Å²) in [5.74, 6) is -2.33. The standard InChI is InChI=1S/C20H15F4NO3/c1-28-17-9-7-12(10-16(17)20(22,23)24)6-8-13(21)11-25-18(26)14-4-2-3-5-15(14)19(25)27/h2-5,7-10H,6,11H2,1H3. The number of fused-ring (bicyclic) bond motifs is 1. The first-order valence-corrected chi connectivity index (χ1v) is 8.26. The van der Waals surface area contributed by atoms with Crippen LogP contribution in [0, 0.1) is 0 Å². The summed E-state index contributed by atoms with van der Waals surface area (Å²) in [6, 6.07) is 9.59. The third-order valence-electron chi connectivity index (χ3n) is 4.32. The predicted octanol–water partition coefficient (Wildman–Crippen LogP) is 4.41. The van der Waals surface area contributed by atoms with Crippen LogP contribution in [0.5, 0.6) is 5.75 Å². The van der Waals surface area contributed by atoms with Crippen LogP contribution in [-0.2, 0) is 12.6 Å². The van der Waals surface area contributed by atoms with Crippen molar-refractivity contribution in [1.82, 2.24) is 4.90 Å². The van der Waals surface area contributed by atoms with Crippen LogP contribution in [0.25, 0.3) is 0 Å². The largest absolute Gasteiger partial charge is 0.496 e. The number of hydrogen-bond donors (Lipinski definition) is 0. The van der Waals surface area contributed by atoms with E-state index in [4.69, 9.17) is 4.74 Å². The molecule has 0 N–H and O–H groups in total. The maximum Gasteiger partial charge on any atom is 0.419 e. The van der Waals surface area contributed by atoms with Crippen molar-refractivity contribution in [3.8, 4) is 5.75 Å². The molecule has 0 aromatic heterocycles. The summed E-state index contributed by atoms with van der Waals surface area (Å²) in [4.78, 5) is 25.2. The Kier molecular flexibility index (Phi) is 5.22. The normalized spacial score (nSPS) is 14.5. The molecule has 0 atom stereocenters. The van der Waals surface area contributed by atoms with Crippen LogP contribution >= 0.6 is 0 Å². The van der Waals surface area contributed by atoms with E-state index in [1.165, 1.54) is 18.2 Å². The molecule has 1 aliphatic rings. The monoisotopic (exact) mass is 393 g/mol. The molecule has 0 saturated carbocycles. The number of ether oxygens (including phenoxy) is 1. The van der Waals surface area contributed by atoms with Gasteiger partial charge in [0.1, 0.15) is 11.6 Å². The molecule has 28 heavy (non-hydrogen) atoms. The minimum absolute atomic E-state index is 0.137. The van der Waals surface area contributed by atoms with Crippen molar-refractivity contribution in [3.63, 3.8) is 0 Å². The maximum atomic E-state index is 14.3. The number of halogens is 4. The Bertz CT molecular complexity index is 931. The number of carbonyl (C=O) groups excluding carboxylic acids is 2. The van der Waals surface area contributed by atoms with Gasteiger partial charge in [-0.15, -0.1) is 0 Å². The average Bonchev–Trinajstić information content (AvgIpc) is 2.90. The van der Waals surface area contributed by atoms with Gasteiger partial charge in [-0.2, -0.15) is 13.2 Å². The Morgan fingerprint density at radius 1 is 1.07 bits per heavy atom. The van der Waals surface area contributed by atoms with Crippen LogP contribution in [0.15, 0.2) is 54.4 Å². The molecule has 4 nitrogen and oxygen atoms in total. The van der Waals surface area contributed by atoms with E-state index >= 15 is 0 Å². The van der Waals surface area contributed by atoms with E-state index in [9.17, 15) is 27.2 Å².